The summed E-state index contributed by atoms with van der Waals surface area (Å²) in [7, 11) is 0. The van der Waals surface area contributed by atoms with E-state index in [1.807, 2.05) is 16.5 Å². The number of hydrogen-bond acceptors (Lipinski definition) is 5. The lowest BCUT2D eigenvalue weighted by Crippen LogP contribution is -2.55. The third-order valence-electron chi connectivity index (χ3n) is 5.78. The second-order valence-electron chi connectivity index (χ2n) is 7.21. The van der Waals surface area contributed by atoms with Gasteiger partial charge in [0.15, 0.2) is 5.69 Å². The summed E-state index contributed by atoms with van der Waals surface area (Å²) in [4.78, 5) is 15.1. The monoisotopic (exact) mass is 333 g/mol. The molecule has 1 saturated carbocycles. The number of nitrogens with zero attached hydrogens (tertiary/aromatic N) is 4. The molecule has 24 heavy (non-hydrogen) atoms. The fourth-order valence-electron chi connectivity index (χ4n) is 4.42. The van der Waals surface area contributed by atoms with E-state index in [0.29, 0.717) is 24.9 Å². The van der Waals surface area contributed by atoms with Gasteiger partial charge in [0, 0.05) is 6.54 Å². The molecule has 7 nitrogen and oxygen atoms in total. The second kappa shape index (κ2) is 6.80. The molecule has 7 heteroatoms. The summed E-state index contributed by atoms with van der Waals surface area (Å²) < 4.78 is 7.85. The normalized spacial score (nSPS) is 28.6. The van der Waals surface area contributed by atoms with Crippen LogP contribution in [0.1, 0.15) is 60.7 Å². The van der Waals surface area contributed by atoms with E-state index in [1.54, 1.807) is 0 Å². The van der Waals surface area contributed by atoms with Crippen molar-refractivity contribution in [2.24, 2.45) is 0 Å². The van der Waals surface area contributed by atoms with Crippen LogP contribution in [-0.2, 0) is 4.74 Å². The second-order valence-corrected chi connectivity index (χ2v) is 7.21. The minimum atomic E-state index is 0.0351. The number of piperidine rings is 1. The van der Waals surface area contributed by atoms with Crippen LogP contribution in [0.3, 0.4) is 0 Å². The van der Waals surface area contributed by atoms with Crippen molar-refractivity contribution < 1.29 is 9.53 Å². The van der Waals surface area contributed by atoms with Crippen LogP contribution in [0, 0.1) is 6.92 Å². The Hall–Kier alpha value is -1.47. The van der Waals surface area contributed by atoms with Gasteiger partial charge in [-0.1, -0.05) is 18.1 Å². The molecule has 1 aliphatic carbocycles. The summed E-state index contributed by atoms with van der Waals surface area (Å²) in [6.07, 6.45) is 6.77. The van der Waals surface area contributed by atoms with E-state index in [0.717, 1.165) is 44.5 Å². The maximum Gasteiger partial charge on any atom is 0.276 e. The number of hydrogen-bond donors (Lipinski definition) is 1. The van der Waals surface area contributed by atoms with Gasteiger partial charge in [-0.05, 0) is 45.7 Å². The molecule has 1 aromatic heterocycles. The first kappa shape index (κ1) is 16.0. The van der Waals surface area contributed by atoms with Gasteiger partial charge >= 0.3 is 0 Å². The lowest BCUT2D eigenvalue weighted by Gasteiger charge is -2.43. The maximum atomic E-state index is 13.1. The molecule has 2 saturated heterocycles. The van der Waals surface area contributed by atoms with E-state index in [2.05, 4.69) is 15.6 Å². The van der Waals surface area contributed by atoms with Gasteiger partial charge in [-0.25, -0.2) is 4.68 Å². The number of amides is 1. The number of carbonyl (C=O) groups excluding carboxylic acids is 1. The van der Waals surface area contributed by atoms with E-state index in [1.165, 1.54) is 12.8 Å². The lowest BCUT2D eigenvalue weighted by atomic mass is 9.90. The topological polar surface area (TPSA) is 72.3 Å². The first-order chi connectivity index (χ1) is 11.8. The summed E-state index contributed by atoms with van der Waals surface area (Å²) >= 11 is 0. The minimum absolute atomic E-state index is 0.0351. The molecule has 2 atom stereocenters. The van der Waals surface area contributed by atoms with Crippen LogP contribution in [0.25, 0.3) is 0 Å². The molecule has 3 fully saturated rings. The molecule has 0 unspecified atom stereocenters. The number of aromatic nitrogens is 3. The quantitative estimate of drug-likeness (QED) is 0.883. The molecule has 1 amide bonds. The predicted molar refractivity (Wildman–Crippen MR) is 88.9 cm³/mol. The molecular formula is C17H27N5O2. The number of nitrogens with one attached hydrogen (secondary N) is 1. The molecule has 4 rings (SSSR count). The fraction of sp³-hybridized carbons (Fsp3) is 0.824. The van der Waals surface area contributed by atoms with E-state index in [9.17, 15) is 4.79 Å². The van der Waals surface area contributed by atoms with Gasteiger partial charge in [0.05, 0.1) is 30.5 Å². The van der Waals surface area contributed by atoms with Crippen LogP contribution in [0.4, 0.5) is 0 Å². The first-order valence-electron chi connectivity index (χ1n) is 9.31. The zero-order chi connectivity index (χ0) is 16.5. The van der Waals surface area contributed by atoms with Crippen LogP contribution in [0.5, 0.6) is 0 Å². The molecule has 3 heterocycles. The molecule has 1 N–H and O–H groups in total. The summed E-state index contributed by atoms with van der Waals surface area (Å²) in [6, 6.07) is 0.566. The van der Waals surface area contributed by atoms with E-state index in [4.69, 9.17) is 4.74 Å². The Morgan fingerprint density at radius 1 is 1.21 bits per heavy atom. The van der Waals surface area contributed by atoms with Crippen molar-refractivity contribution in [3.63, 3.8) is 0 Å². The van der Waals surface area contributed by atoms with Crippen molar-refractivity contribution in [3.05, 3.63) is 11.4 Å². The zero-order valence-electron chi connectivity index (χ0n) is 14.4. The van der Waals surface area contributed by atoms with Crippen molar-refractivity contribution in [2.45, 2.75) is 63.6 Å². The number of carbonyl (C=O) groups is 1. The molecule has 2 aliphatic heterocycles. The van der Waals surface area contributed by atoms with Gasteiger partial charge in [0.2, 0.25) is 0 Å². The van der Waals surface area contributed by atoms with Gasteiger partial charge in [-0.2, -0.15) is 0 Å². The maximum absolute atomic E-state index is 13.1. The van der Waals surface area contributed by atoms with Crippen molar-refractivity contribution in [1.29, 1.82) is 0 Å². The molecule has 0 spiro atoms. The molecule has 3 aliphatic rings. The summed E-state index contributed by atoms with van der Waals surface area (Å²) in [5.74, 6) is 0.0351. The molecule has 1 aromatic rings. The van der Waals surface area contributed by atoms with Crippen LogP contribution < -0.4 is 5.32 Å². The standard InChI is InChI=1S/C17H27N5O2/c1-12-16(19-20-22(12)13-6-8-18-9-7-13)17(23)21-10-11-24-15-5-3-2-4-14(15)21/h13-15,18H,2-11H2,1H3/t14-,15+/m1/s1. The summed E-state index contributed by atoms with van der Waals surface area (Å²) in [6.45, 7) is 5.28. The highest BCUT2D eigenvalue weighted by Crippen LogP contribution is 2.30. The van der Waals surface area contributed by atoms with Crippen molar-refractivity contribution in [2.75, 3.05) is 26.2 Å². The van der Waals surface area contributed by atoms with Crippen molar-refractivity contribution in [1.82, 2.24) is 25.2 Å². The summed E-state index contributed by atoms with van der Waals surface area (Å²) in [5, 5.41) is 11.9. The molecule has 0 radical (unpaired) electrons. The highest BCUT2D eigenvalue weighted by atomic mass is 16.5. The average molecular weight is 333 g/mol. The van der Waals surface area contributed by atoms with Gasteiger partial charge in [-0.3, -0.25) is 4.79 Å². The third kappa shape index (κ3) is 2.84. The largest absolute Gasteiger partial charge is 0.374 e. The van der Waals surface area contributed by atoms with Crippen molar-refractivity contribution in [3.8, 4) is 0 Å². The van der Waals surface area contributed by atoms with Crippen LogP contribution >= 0.6 is 0 Å². The number of rotatable bonds is 2. The van der Waals surface area contributed by atoms with Crippen LogP contribution in [0.2, 0.25) is 0 Å². The van der Waals surface area contributed by atoms with E-state index in [-0.39, 0.29) is 18.1 Å². The Balaban J connectivity index is 1.54. The van der Waals surface area contributed by atoms with E-state index < -0.39 is 0 Å². The fourth-order valence-corrected chi connectivity index (χ4v) is 4.42. The van der Waals surface area contributed by atoms with Gasteiger partial charge < -0.3 is 15.0 Å². The number of ether oxygens (including phenoxy) is 1. The number of fused-ring (bicyclic) bond motifs is 1. The van der Waals surface area contributed by atoms with Crippen molar-refractivity contribution >= 4 is 5.91 Å². The Morgan fingerprint density at radius 3 is 2.83 bits per heavy atom. The van der Waals surface area contributed by atoms with Gasteiger partial charge in [0.25, 0.3) is 5.91 Å². The highest BCUT2D eigenvalue weighted by molar-refractivity contribution is 5.93. The Kier molecular flexibility index (Phi) is 4.54. The van der Waals surface area contributed by atoms with Gasteiger partial charge in [-0.15, -0.1) is 5.10 Å². The Labute approximate surface area is 142 Å². The SMILES string of the molecule is Cc1c(C(=O)N2CCO[C@H]3CCCC[C@H]32)nnn1C1CCNCC1. The summed E-state index contributed by atoms with van der Waals surface area (Å²) in [5.41, 5.74) is 1.44. The Bertz CT molecular complexity index is 594. The van der Waals surface area contributed by atoms with Gasteiger partial charge in [0.1, 0.15) is 0 Å². The zero-order valence-corrected chi connectivity index (χ0v) is 14.4. The Morgan fingerprint density at radius 2 is 2.00 bits per heavy atom. The van der Waals surface area contributed by atoms with Crippen LogP contribution in [-0.4, -0.2) is 64.2 Å². The number of morpholine rings is 1. The average Bonchev–Trinajstić information content (AvgIpc) is 3.03. The molecular weight excluding hydrogens is 306 g/mol. The molecule has 132 valence electrons. The predicted octanol–water partition coefficient (Wildman–Crippen LogP) is 1.29. The smallest absolute Gasteiger partial charge is 0.276 e. The molecule has 0 aromatic carbocycles. The molecule has 0 bridgehead atoms. The first-order valence-corrected chi connectivity index (χ1v) is 9.31. The third-order valence-corrected chi connectivity index (χ3v) is 5.78. The van der Waals surface area contributed by atoms with E-state index >= 15 is 0 Å². The highest BCUT2D eigenvalue weighted by Gasteiger charge is 2.38. The minimum Gasteiger partial charge on any atom is -0.374 e. The lowest BCUT2D eigenvalue weighted by molar-refractivity contribution is -0.0754. The van der Waals surface area contributed by atoms with Crippen LogP contribution in [0.15, 0.2) is 0 Å².